The van der Waals surface area contributed by atoms with Gasteiger partial charge in [0.25, 0.3) is 0 Å². The molecule has 1 aliphatic rings. The second-order valence-corrected chi connectivity index (χ2v) is 7.23. The van der Waals surface area contributed by atoms with Gasteiger partial charge in [0.1, 0.15) is 6.33 Å². The number of hydrogen-bond acceptors (Lipinski definition) is 3. The van der Waals surface area contributed by atoms with Crippen LogP contribution >= 0.6 is 0 Å². The Bertz CT molecular complexity index is 667. The molecule has 140 valence electrons. The van der Waals surface area contributed by atoms with Gasteiger partial charge >= 0.3 is 0 Å². The van der Waals surface area contributed by atoms with Crippen LogP contribution in [0.15, 0.2) is 48.1 Å². The smallest absolute Gasteiger partial charge is 0.165 e. The summed E-state index contributed by atoms with van der Waals surface area (Å²) < 4.78 is 2.07. The number of hydrogen-bond donors (Lipinski definition) is 0. The molecule has 0 saturated carbocycles. The number of aryl methyl sites for hydroxylation is 1. The average Bonchev–Trinajstić information content (AvgIpc) is 3.08. The first-order valence-electron chi connectivity index (χ1n) is 10.3. The van der Waals surface area contributed by atoms with E-state index < -0.39 is 0 Å². The van der Waals surface area contributed by atoms with E-state index >= 15 is 0 Å². The number of aromatic nitrogens is 2. The number of imidazole rings is 1. The summed E-state index contributed by atoms with van der Waals surface area (Å²) in [5, 5.41) is 7.35. The molecule has 0 atom stereocenters. The summed E-state index contributed by atoms with van der Waals surface area (Å²) in [6.07, 6.45) is 17.1. The van der Waals surface area contributed by atoms with Crippen LogP contribution in [0, 0.1) is 0 Å². The predicted octanol–water partition coefficient (Wildman–Crippen LogP) is 5.09. The van der Waals surface area contributed by atoms with Crippen LogP contribution < -0.4 is 0 Å². The highest BCUT2D eigenvalue weighted by Crippen LogP contribution is 2.17. The Balaban J connectivity index is 1.87. The molecule has 2 aromatic rings. The van der Waals surface area contributed by atoms with Gasteiger partial charge < -0.3 is 0 Å². The van der Waals surface area contributed by atoms with Crippen molar-refractivity contribution in [3.05, 3.63) is 54.1 Å². The highest BCUT2D eigenvalue weighted by atomic mass is 15.5. The van der Waals surface area contributed by atoms with Crippen LogP contribution in [0.4, 0.5) is 0 Å². The van der Waals surface area contributed by atoms with Crippen molar-refractivity contribution in [2.75, 3.05) is 13.1 Å². The summed E-state index contributed by atoms with van der Waals surface area (Å²) in [6.45, 7) is 4.37. The molecule has 0 amide bonds. The Hall–Kier alpha value is -2.10. The van der Waals surface area contributed by atoms with Gasteiger partial charge in [0.05, 0.1) is 0 Å². The van der Waals surface area contributed by atoms with Crippen LogP contribution in [0.2, 0.25) is 0 Å². The standard InChI is InChI=1S/C22H32N4/c1-2-3-4-7-12-20-13-8-9-14-21(20)22(25-18-15-23-19-25)24-26-16-10-5-6-11-17-26/h8-9,13-15,18-19H,2-7,10-12,16-17H2,1H3. The molecule has 3 rings (SSSR count). The maximum absolute atomic E-state index is 5.09. The van der Waals surface area contributed by atoms with E-state index in [-0.39, 0.29) is 0 Å². The highest BCUT2D eigenvalue weighted by Gasteiger charge is 2.14. The fourth-order valence-corrected chi connectivity index (χ4v) is 3.62. The summed E-state index contributed by atoms with van der Waals surface area (Å²) in [7, 11) is 0. The number of hydrazone groups is 1. The minimum Gasteiger partial charge on any atom is -0.295 e. The van der Waals surface area contributed by atoms with Crippen LogP contribution in [0.5, 0.6) is 0 Å². The first-order chi connectivity index (χ1) is 12.9. The van der Waals surface area contributed by atoms with Crippen molar-refractivity contribution in [1.82, 2.24) is 14.6 Å². The van der Waals surface area contributed by atoms with E-state index in [0.29, 0.717) is 0 Å². The zero-order valence-electron chi connectivity index (χ0n) is 16.1. The summed E-state index contributed by atoms with van der Waals surface area (Å²) in [5.41, 5.74) is 2.64. The molecule has 0 aliphatic carbocycles. The lowest BCUT2D eigenvalue weighted by Crippen LogP contribution is -2.24. The molecule has 4 heteroatoms. The molecule has 1 saturated heterocycles. The van der Waals surface area contributed by atoms with Crippen LogP contribution in [0.25, 0.3) is 0 Å². The molecule has 0 unspecified atom stereocenters. The van der Waals surface area contributed by atoms with E-state index in [0.717, 1.165) is 25.3 Å². The summed E-state index contributed by atoms with van der Waals surface area (Å²) in [5.74, 6) is 1.01. The van der Waals surface area contributed by atoms with E-state index in [1.807, 2.05) is 18.7 Å². The van der Waals surface area contributed by atoms with Gasteiger partial charge in [-0.25, -0.2) is 4.98 Å². The van der Waals surface area contributed by atoms with Gasteiger partial charge in [-0.15, -0.1) is 0 Å². The fraction of sp³-hybridized carbons (Fsp3) is 0.545. The van der Waals surface area contributed by atoms with Crippen molar-refractivity contribution >= 4 is 5.84 Å². The van der Waals surface area contributed by atoms with Crippen LogP contribution in [-0.4, -0.2) is 33.5 Å². The Morgan fingerprint density at radius 3 is 2.58 bits per heavy atom. The monoisotopic (exact) mass is 352 g/mol. The molecule has 0 bridgehead atoms. The lowest BCUT2D eigenvalue weighted by atomic mass is 10.00. The third kappa shape index (κ3) is 5.20. The van der Waals surface area contributed by atoms with Crippen LogP contribution in [0.3, 0.4) is 0 Å². The molecule has 1 aliphatic heterocycles. The summed E-state index contributed by atoms with van der Waals surface area (Å²) in [6, 6.07) is 8.75. The molecule has 0 radical (unpaired) electrons. The largest absolute Gasteiger partial charge is 0.295 e. The first kappa shape index (κ1) is 18.7. The molecule has 0 spiro atoms. The fourth-order valence-electron chi connectivity index (χ4n) is 3.62. The number of nitrogens with zero attached hydrogens (tertiary/aromatic N) is 4. The average molecular weight is 353 g/mol. The molecular weight excluding hydrogens is 320 g/mol. The van der Waals surface area contributed by atoms with Gasteiger partial charge in [-0.2, -0.15) is 5.10 Å². The first-order valence-corrected chi connectivity index (χ1v) is 10.3. The minimum absolute atomic E-state index is 1.01. The normalized spacial score (nSPS) is 15.9. The van der Waals surface area contributed by atoms with Crippen molar-refractivity contribution in [1.29, 1.82) is 0 Å². The van der Waals surface area contributed by atoms with Gasteiger partial charge in [0.15, 0.2) is 5.84 Å². The number of benzene rings is 1. The van der Waals surface area contributed by atoms with Gasteiger partial charge in [-0.05, 0) is 31.2 Å². The number of rotatable bonds is 7. The van der Waals surface area contributed by atoms with Crippen LogP contribution in [0.1, 0.15) is 69.4 Å². The van der Waals surface area contributed by atoms with E-state index in [2.05, 4.69) is 45.7 Å². The Kier molecular flexibility index (Phi) is 7.29. The van der Waals surface area contributed by atoms with Crippen molar-refractivity contribution in [2.45, 2.75) is 64.7 Å². The van der Waals surface area contributed by atoms with Crippen LogP contribution in [-0.2, 0) is 6.42 Å². The van der Waals surface area contributed by atoms with Gasteiger partial charge in [-0.3, -0.25) is 9.58 Å². The molecular formula is C22H32N4. The quantitative estimate of drug-likeness (QED) is 0.395. The molecule has 1 fully saturated rings. The molecule has 0 N–H and O–H groups in total. The summed E-state index contributed by atoms with van der Waals surface area (Å²) in [4.78, 5) is 4.26. The maximum atomic E-state index is 5.09. The van der Waals surface area contributed by atoms with E-state index in [1.165, 1.54) is 62.5 Å². The SMILES string of the molecule is CCCCCCc1ccccc1C(=NN1CCCCCC1)n1ccnc1. The molecule has 2 heterocycles. The molecule has 26 heavy (non-hydrogen) atoms. The lowest BCUT2D eigenvalue weighted by Gasteiger charge is -2.20. The van der Waals surface area contributed by atoms with Crippen molar-refractivity contribution in [2.24, 2.45) is 5.10 Å². The van der Waals surface area contributed by atoms with Crippen molar-refractivity contribution in [3.63, 3.8) is 0 Å². The minimum atomic E-state index is 1.01. The lowest BCUT2D eigenvalue weighted by molar-refractivity contribution is 0.300. The molecule has 1 aromatic carbocycles. The van der Waals surface area contributed by atoms with Crippen molar-refractivity contribution < 1.29 is 0 Å². The van der Waals surface area contributed by atoms with Crippen molar-refractivity contribution in [3.8, 4) is 0 Å². The zero-order chi connectivity index (χ0) is 18.0. The maximum Gasteiger partial charge on any atom is 0.165 e. The third-order valence-corrected chi connectivity index (χ3v) is 5.13. The van der Waals surface area contributed by atoms with Gasteiger partial charge in [-0.1, -0.05) is 63.3 Å². The summed E-state index contributed by atoms with van der Waals surface area (Å²) >= 11 is 0. The van der Waals surface area contributed by atoms with Gasteiger partial charge in [0, 0.05) is 31.0 Å². The van der Waals surface area contributed by atoms with E-state index in [4.69, 9.17) is 5.10 Å². The number of unbranched alkanes of at least 4 members (excludes halogenated alkanes) is 3. The van der Waals surface area contributed by atoms with Gasteiger partial charge in [0.2, 0.25) is 0 Å². The Morgan fingerprint density at radius 2 is 1.85 bits per heavy atom. The Morgan fingerprint density at radius 1 is 1.04 bits per heavy atom. The molecule has 4 nitrogen and oxygen atoms in total. The topological polar surface area (TPSA) is 33.4 Å². The second-order valence-electron chi connectivity index (χ2n) is 7.23. The third-order valence-electron chi connectivity index (χ3n) is 5.13. The van der Waals surface area contributed by atoms with E-state index in [9.17, 15) is 0 Å². The predicted molar refractivity (Wildman–Crippen MR) is 108 cm³/mol. The molecule has 1 aromatic heterocycles. The highest BCUT2D eigenvalue weighted by molar-refractivity contribution is 6.01. The Labute approximate surface area is 157 Å². The van der Waals surface area contributed by atoms with E-state index in [1.54, 1.807) is 0 Å². The zero-order valence-corrected chi connectivity index (χ0v) is 16.1. The second kappa shape index (κ2) is 10.1.